The molecule has 21 aromatic rings. The van der Waals surface area contributed by atoms with Crippen molar-refractivity contribution in [2.24, 2.45) is 35.2 Å². The van der Waals surface area contributed by atoms with Crippen molar-refractivity contribution in [1.29, 1.82) is 0 Å². The highest BCUT2D eigenvalue weighted by Gasteiger charge is 2.25. The number of aryl methyl sites for hydroxylation is 9. The molecule has 108 heavy (non-hydrogen) atoms. The van der Waals surface area contributed by atoms with E-state index in [4.69, 9.17) is 4.42 Å². The van der Waals surface area contributed by atoms with Crippen LogP contribution in [0.25, 0.3) is 180 Å². The third-order valence-corrected chi connectivity index (χ3v) is 23.2. The second-order valence-electron chi connectivity index (χ2n) is 29.3. The van der Waals surface area contributed by atoms with E-state index in [0.29, 0.717) is 0 Å². The average Bonchev–Trinajstić information content (AvgIpc) is 1.40. The number of furan rings is 1. The lowest BCUT2D eigenvalue weighted by atomic mass is 9.95. The molecule has 21 rings (SSSR count). The number of hydrogen-bond donors (Lipinski definition) is 0. The first-order valence-corrected chi connectivity index (χ1v) is 38.0. The standard InChI is InChI=1S/C29H23N2.C25H23N2.C23H18NO.C23H18NS/c1-20-12-13-27-26(14-15-31(27)25-10-4-3-5-11-25)29(20)28-18-23-16-21-8-6-7-9-22(21)17-24(23)19-30(28)2;1-16-11-23-22(9-10-26(23)3)25(17(16)2)24-14-20-12-18-7-5-6-8-19(18)13-21(20)15-27(24)4;2*1-15-7-8-22-20(9-10-25-22)23(15)21-13-18-11-16-5-3-4-6-17(16)12-19(18)14-24(21)2/h3-19H,1-2H3;5-15H,1-4H3;2*3-14H,1-2H3/q4*+1. The van der Waals surface area contributed by atoms with Crippen LogP contribution in [0.5, 0.6) is 0 Å². The van der Waals surface area contributed by atoms with Crippen molar-refractivity contribution in [2.45, 2.75) is 34.6 Å². The van der Waals surface area contributed by atoms with Crippen molar-refractivity contribution >= 4 is 140 Å². The second-order valence-corrected chi connectivity index (χ2v) is 30.3. The lowest BCUT2D eigenvalue weighted by Gasteiger charge is -2.12. The molecular formula is C100H82N6OS+4. The molecule has 8 aromatic heterocycles. The molecule has 0 saturated heterocycles. The van der Waals surface area contributed by atoms with Crippen LogP contribution < -0.4 is 18.3 Å². The molecule has 0 amide bonds. The van der Waals surface area contributed by atoms with Gasteiger partial charge in [0.2, 0.25) is 22.8 Å². The van der Waals surface area contributed by atoms with Crippen LogP contribution in [0.15, 0.2) is 320 Å². The van der Waals surface area contributed by atoms with Crippen LogP contribution in [-0.4, -0.2) is 9.13 Å². The van der Waals surface area contributed by atoms with Gasteiger partial charge in [-0.1, -0.05) is 133 Å². The number of benzene rings is 13. The number of hydrogen-bond acceptors (Lipinski definition) is 2. The van der Waals surface area contributed by atoms with Crippen LogP contribution in [0.3, 0.4) is 0 Å². The first kappa shape index (κ1) is 67.0. The van der Waals surface area contributed by atoms with E-state index in [1.165, 1.54) is 197 Å². The highest BCUT2D eigenvalue weighted by atomic mass is 32.1. The van der Waals surface area contributed by atoms with Gasteiger partial charge >= 0.3 is 0 Å². The van der Waals surface area contributed by atoms with Gasteiger partial charge in [-0.05, 0) is 242 Å². The third-order valence-electron chi connectivity index (χ3n) is 22.4. The molecule has 520 valence electrons. The van der Waals surface area contributed by atoms with Crippen molar-refractivity contribution in [1.82, 2.24) is 9.13 Å². The van der Waals surface area contributed by atoms with Gasteiger partial charge in [0.05, 0.1) is 34.0 Å². The molecule has 0 aliphatic carbocycles. The van der Waals surface area contributed by atoms with Gasteiger partial charge in [0.15, 0.2) is 24.8 Å². The molecule has 8 heterocycles. The van der Waals surface area contributed by atoms with Crippen LogP contribution >= 0.6 is 11.3 Å². The van der Waals surface area contributed by atoms with Crippen molar-refractivity contribution in [3.05, 3.63) is 344 Å². The molecule has 8 heteroatoms. The molecule has 0 aliphatic rings. The zero-order valence-corrected chi connectivity index (χ0v) is 63.3. The molecule has 0 spiro atoms. The van der Waals surface area contributed by atoms with E-state index < -0.39 is 0 Å². The average molecular weight is 1420 g/mol. The van der Waals surface area contributed by atoms with Crippen LogP contribution in [0.4, 0.5) is 0 Å². The maximum absolute atomic E-state index is 5.61. The van der Waals surface area contributed by atoms with Crippen LogP contribution in [0, 0.1) is 34.6 Å². The summed E-state index contributed by atoms with van der Waals surface area (Å²) in [6.07, 6.45) is 15.1. The van der Waals surface area contributed by atoms with Gasteiger partial charge in [-0.25, -0.2) is 18.3 Å². The first-order chi connectivity index (χ1) is 52.6. The normalized spacial score (nSPS) is 11.6. The highest BCUT2D eigenvalue weighted by molar-refractivity contribution is 7.17. The van der Waals surface area contributed by atoms with Gasteiger partial charge in [0, 0.05) is 103 Å². The van der Waals surface area contributed by atoms with Crippen LogP contribution in [-0.2, 0) is 35.2 Å². The Morgan fingerprint density at radius 2 is 0.676 bits per heavy atom. The van der Waals surface area contributed by atoms with Gasteiger partial charge in [-0.15, -0.1) is 11.3 Å². The fraction of sp³-hybridized carbons (Fsp3) is 0.100. The van der Waals surface area contributed by atoms with Gasteiger partial charge in [0.1, 0.15) is 33.8 Å². The summed E-state index contributed by atoms with van der Waals surface area (Å²) in [5, 5.41) is 27.7. The summed E-state index contributed by atoms with van der Waals surface area (Å²) in [5.41, 5.74) is 21.3. The number of nitrogens with zero attached hydrogens (tertiary/aromatic N) is 6. The maximum atomic E-state index is 5.61. The number of thiophene rings is 1. The SMILES string of the molecule is Cc1cc2c(ccn2C)c(-c2cc3cc4ccccc4cc3c[n+]2C)c1C.Cc1ccc2c(ccn2-c2ccccc2)c1-c1cc2cc3ccccc3cc2c[n+]1C.Cc1ccc2occc2c1-c1cc2cc3ccccc3cc2c[n+]1C.Cc1ccc2sccc2c1-c1cc2cc3ccccc3cc2c[n+]1C. The maximum Gasteiger partial charge on any atom is 0.213 e. The molecule has 0 unspecified atom stereocenters. The summed E-state index contributed by atoms with van der Waals surface area (Å²) in [6, 6.07) is 96.6. The molecule has 0 atom stereocenters. The lowest BCUT2D eigenvalue weighted by Crippen LogP contribution is -2.30. The molecule has 0 N–H and O–H groups in total. The molecule has 0 saturated carbocycles. The molecule has 0 radical (unpaired) electrons. The van der Waals surface area contributed by atoms with E-state index in [9.17, 15) is 0 Å². The zero-order chi connectivity index (χ0) is 73.6. The molecule has 0 aliphatic heterocycles. The Kier molecular flexibility index (Phi) is 16.9. The molecule has 0 fully saturated rings. The molecule has 7 nitrogen and oxygen atoms in total. The minimum atomic E-state index is 0.930. The van der Waals surface area contributed by atoms with Gasteiger partial charge in [-0.3, -0.25) is 0 Å². The Labute approximate surface area is 632 Å². The number of fused-ring (bicyclic) bond motifs is 12. The van der Waals surface area contributed by atoms with Crippen LogP contribution in [0.1, 0.15) is 27.8 Å². The molecule has 13 aromatic carbocycles. The Bertz CT molecular complexity index is 6990. The Hall–Kier alpha value is -12.9. The quantitative estimate of drug-likeness (QED) is 0.125. The second kappa shape index (κ2) is 27.2. The van der Waals surface area contributed by atoms with E-state index in [1.807, 2.05) is 6.07 Å². The summed E-state index contributed by atoms with van der Waals surface area (Å²) < 4.78 is 20.4. The number of para-hydroxylation sites is 1. The monoisotopic (exact) mass is 1410 g/mol. The minimum absolute atomic E-state index is 0.930. The predicted octanol–water partition coefficient (Wildman–Crippen LogP) is 23.9. The van der Waals surface area contributed by atoms with Gasteiger partial charge in [-0.2, -0.15) is 0 Å². The highest BCUT2D eigenvalue weighted by Crippen LogP contribution is 2.40. The summed E-state index contributed by atoms with van der Waals surface area (Å²) in [4.78, 5) is 0. The summed E-state index contributed by atoms with van der Waals surface area (Å²) >= 11 is 1.81. The van der Waals surface area contributed by atoms with Gasteiger partial charge in [0.25, 0.3) is 0 Å². The van der Waals surface area contributed by atoms with E-state index in [-0.39, 0.29) is 0 Å². The fourth-order valence-electron chi connectivity index (χ4n) is 16.6. The Balaban J connectivity index is 0.000000102. The van der Waals surface area contributed by atoms with Crippen molar-refractivity contribution in [3.63, 3.8) is 0 Å². The zero-order valence-electron chi connectivity index (χ0n) is 62.5. The van der Waals surface area contributed by atoms with Crippen LogP contribution in [0.2, 0.25) is 0 Å². The van der Waals surface area contributed by atoms with E-state index >= 15 is 0 Å². The van der Waals surface area contributed by atoms with Crippen molar-refractivity contribution in [2.75, 3.05) is 0 Å². The number of pyridine rings is 4. The lowest BCUT2D eigenvalue weighted by molar-refractivity contribution is -0.659. The topological polar surface area (TPSA) is 38.5 Å². The first-order valence-electron chi connectivity index (χ1n) is 37.1. The smallest absolute Gasteiger partial charge is 0.213 e. The largest absolute Gasteiger partial charge is 0.464 e. The molecular weight excluding hydrogens is 1330 g/mol. The third kappa shape index (κ3) is 12.0. The summed E-state index contributed by atoms with van der Waals surface area (Å²) in [7, 11) is 10.7. The van der Waals surface area contributed by atoms with E-state index in [1.54, 1.807) is 17.6 Å². The Morgan fingerprint density at radius 1 is 0.296 bits per heavy atom. The van der Waals surface area contributed by atoms with E-state index in [0.717, 1.165) is 11.0 Å². The van der Waals surface area contributed by atoms with Crippen molar-refractivity contribution in [3.8, 4) is 50.7 Å². The number of aromatic nitrogens is 6. The fourth-order valence-corrected chi connectivity index (χ4v) is 17.4. The number of rotatable bonds is 5. The summed E-state index contributed by atoms with van der Waals surface area (Å²) in [5.74, 6) is 0. The van der Waals surface area contributed by atoms with E-state index in [2.05, 4.69) is 401 Å². The van der Waals surface area contributed by atoms with Gasteiger partial charge < -0.3 is 13.6 Å². The Morgan fingerprint density at radius 3 is 1.14 bits per heavy atom. The summed E-state index contributed by atoms with van der Waals surface area (Å²) in [6.45, 7) is 11.0. The molecule has 0 bridgehead atoms. The van der Waals surface area contributed by atoms with Crippen molar-refractivity contribution < 1.29 is 22.7 Å². The minimum Gasteiger partial charge on any atom is -0.464 e. The predicted molar refractivity (Wildman–Crippen MR) is 454 cm³/mol.